The van der Waals surface area contributed by atoms with E-state index in [-0.39, 0.29) is 24.9 Å². The number of rotatable bonds is 21. The highest BCUT2D eigenvalue weighted by atomic mass is 16.4. The molecule has 1 rings (SSSR count). The molecular weight excluding hydrogens is 616 g/mol. The smallest absolute Gasteiger partial charge is 0.305 e. The van der Waals surface area contributed by atoms with Crippen LogP contribution in [0.25, 0.3) is 0 Å². The standard InChI is InChI=1S/C31H54N6O10/c1-7-18(6)26(31(47)36-22(13-24(39)40)28(44)33-19(15-38)11-16(2)3)37-30(46)21(12-17(4)5)34-29(45)23(14-25(41)42)35-27(43)20-9-8-10-32-20/h16-23,26,32,38H,7-15H2,1-6H3,(H,33,44)(H,34,45)(H,35,43)(H,36,47)(H,37,46)(H,39,40)(H,41,42)/t18-,19-,20-,21-,22-,23-,26-/m0/s1. The van der Waals surface area contributed by atoms with Gasteiger partial charge in [-0.05, 0) is 50.0 Å². The van der Waals surface area contributed by atoms with Crippen LogP contribution in [0.15, 0.2) is 0 Å². The van der Waals surface area contributed by atoms with E-state index in [1.165, 1.54) is 0 Å². The summed E-state index contributed by atoms with van der Waals surface area (Å²) in [7, 11) is 0. The molecule has 1 saturated heterocycles. The van der Waals surface area contributed by atoms with Crippen LogP contribution in [0.4, 0.5) is 0 Å². The first-order valence-corrected chi connectivity index (χ1v) is 16.3. The molecule has 0 aromatic rings. The molecule has 16 heteroatoms. The second kappa shape index (κ2) is 20.4. The van der Waals surface area contributed by atoms with Crippen LogP contribution in [-0.4, -0.2) is 106 Å². The van der Waals surface area contributed by atoms with Gasteiger partial charge >= 0.3 is 11.9 Å². The van der Waals surface area contributed by atoms with E-state index in [0.717, 1.165) is 6.42 Å². The van der Waals surface area contributed by atoms with Crippen LogP contribution in [-0.2, 0) is 33.6 Å². The molecule has 0 aromatic heterocycles. The zero-order chi connectivity index (χ0) is 35.8. The fourth-order valence-corrected chi connectivity index (χ4v) is 5.19. The molecule has 0 aliphatic carbocycles. The summed E-state index contributed by atoms with van der Waals surface area (Å²) in [6.45, 7) is 11.0. The summed E-state index contributed by atoms with van der Waals surface area (Å²) in [5.74, 6) is -7.02. The van der Waals surface area contributed by atoms with Gasteiger partial charge in [0.05, 0.1) is 31.5 Å². The van der Waals surface area contributed by atoms with E-state index >= 15 is 0 Å². The van der Waals surface area contributed by atoms with Crippen LogP contribution in [0.3, 0.4) is 0 Å². The predicted molar refractivity (Wildman–Crippen MR) is 171 cm³/mol. The molecule has 0 unspecified atom stereocenters. The number of nitrogens with one attached hydrogen (secondary N) is 6. The lowest BCUT2D eigenvalue weighted by Crippen LogP contribution is -2.60. The van der Waals surface area contributed by atoms with Gasteiger partial charge in [-0.15, -0.1) is 0 Å². The van der Waals surface area contributed by atoms with E-state index in [9.17, 15) is 48.9 Å². The number of hydrogen-bond donors (Lipinski definition) is 9. The lowest BCUT2D eigenvalue weighted by molar-refractivity contribution is -0.142. The Kier molecular flexibility index (Phi) is 17.9. The Balaban J connectivity index is 3.18. The maximum Gasteiger partial charge on any atom is 0.305 e. The minimum absolute atomic E-state index is 0.104. The molecule has 5 amide bonds. The molecule has 7 atom stereocenters. The molecule has 268 valence electrons. The SMILES string of the molecule is CC[C@H](C)[C@H](NC(=O)[C@H](CC(C)C)NC(=O)[C@H](CC(=O)O)NC(=O)[C@@H]1CCCN1)C(=O)N[C@@H](CC(=O)O)C(=O)N[C@H](CO)CC(C)C. The van der Waals surface area contributed by atoms with Crippen molar-refractivity contribution in [2.45, 2.75) is 123 Å². The fourth-order valence-electron chi connectivity index (χ4n) is 5.19. The number of aliphatic hydroxyl groups excluding tert-OH is 1. The first-order valence-electron chi connectivity index (χ1n) is 16.3. The zero-order valence-electron chi connectivity index (χ0n) is 28.3. The number of hydrogen-bond acceptors (Lipinski definition) is 9. The van der Waals surface area contributed by atoms with Crippen LogP contribution in [0.5, 0.6) is 0 Å². The van der Waals surface area contributed by atoms with Crippen LogP contribution < -0.4 is 31.9 Å². The lowest BCUT2D eigenvalue weighted by atomic mass is 9.96. The van der Waals surface area contributed by atoms with E-state index in [4.69, 9.17) is 0 Å². The molecule has 1 aliphatic heterocycles. The van der Waals surface area contributed by atoms with Crippen molar-refractivity contribution in [2.75, 3.05) is 13.2 Å². The molecule has 1 aliphatic rings. The van der Waals surface area contributed by atoms with Gasteiger partial charge in [0.15, 0.2) is 0 Å². The lowest BCUT2D eigenvalue weighted by Gasteiger charge is -2.29. The van der Waals surface area contributed by atoms with Gasteiger partial charge in [-0.2, -0.15) is 0 Å². The Morgan fingerprint density at radius 1 is 0.702 bits per heavy atom. The van der Waals surface area contributed by atoms with Gasteiger partial charge in [0.25, 0.3) is 0 Å². The molecule has 0 spiro atoms. The molecule has 1 heterocycles. The van der Waals surface area contributed by atoms with Crippen molar-refractivity contribution in [1.82, 2.24) is 31.9 Å². The number of aliphatic hydroxyl groups is 1. The van der Waals surface area contributed by atoms with Gasteiger partial charge in [0.2, 0.25) is 29.5 Å². The molecule has 0 saturated carbocycles. The predicted octanol–water partition coefficient (Wildman–Crippen LogP) is -0.758. The number of amides is 5. The third-order valence-electron chi connectivity index (χ3n) is 7.86. The van der Waals surface area contributed by atoms with Gasteiger partial charge in [0.1, 0.15) is 24.2 Å². The average Bonchev–Trinajstić information content (AvgIpc) is 3.52. The van der Waals surface area contributed by atoms with Gasteiger partial charge < -0.3 is 47.2 Å². The van der Waals surface area contributed by atoms with Crippen molar-refractivity contribution >= 4 is 41.5 Å². The number of aliphatic carboxylic acids is 2. The second-order valence-corrected chi connectivity index (χ2v) is 13.0. The summed E-state index contributed by atoms with van der Waals surface area (Å²) < 4.78 is 0. The maximum absolute atomic E-state index is 13.6. The summed E-state index contributed by atoms with van der Waals surface area (Å²) in [6, 6.07) is -6.67. The highest BCUT2D eigenvalue weighted by molar-refractivity contribution is 5.97. The Hall–Kier alpha value is -3.79. The minimum Gasteiger partial charge on any atom is -0.481 e. The number of carboxylic acids is 2. The van der Waals surface area contributed by atoms with Crippen molar-refractivity contribution in [2.24, 2.45) is 17.8 Å². The highest BCUT2D eigenvalue weighted by Crippen LogP contribution is 2.13. The Bertz CT molecular complexity index is 1090. The normalized spacial score (nSPS) is 18.3. The van der Waals surface area contributed by atoms with E-state index < -0.39 is 96.5 Å². The largest absolute Gasteiger partial charge is 0.481 e. The van der Waals surface area contributed by atoms with Crippen molar-refractivity contribution in [3.63, 3.8) is 0 Å². The Morgan fingerprint density at radius 2 is 1.21 bits per heavy atom. The molecule has 47 heavy (non-hydrogen) atoms. The summed E-state index contributed by atoms with van der Waals surface area (Å²) in [4.78, 5) is 89.1. The van der Waals surface area contributed by atoms with E-state index in [1.807, 2.05) is 13.8 Å². The summed E-state index contributed by atoms with van der Waals surface area (Å²) in [5, 5.41) is 44.0. The van der Waals surface area contributed by atoms with Crippen molar-refractivity contribution in [3.05, 3.63) is 0 Å². The first kappa shape index (κ1) is 41.2. The topological polar surface area (TPSA) is 252 Å². The highest BCUT2D eigenvalue weighted by Gasteiger charge is 2.35. The second-order valence-electron chi connectivity index (χ2n) is 13.0. The molecule has 0 bridgehead atoms. The monoisotopic (exact) mass is 670 g/mol. The molecule has 0 radical (unpaired) electrons. The molecule has 9 N–H and O–H groups in total. The fraction of sp³-hybridized carbons (Fsp3) is 0.774. The summed E-state index contributed by atoms with van der Waals surface area (Å²) >= 11 is 0. The molecular formula is C31H54N6O10. The zero-order valence-corrected chi connectivity index (χ0v) is 28.3. The Morgan fingerprint density at radius 3 is 1.68 bits per heavy atom. The number of carboxylic acid groups (broad SMARTS) is 2. The van der Waals surface area contributed by atoms with Crippen molar-refractivity contribution in [3.8, 4) is 0 Å². The molecule has 0 aromatic carbocycles. The number of carbonyl (C=O) groups excluding carboxylic acids is 5. The minimum atomic E-state index is -1.51. The van der Waals surface area contributed by atoms with E-state index in [0.29, 0.717) is 25.8 Å². The van der Waals surface area contributed by atoms with Gasteiger partial charge in [-0.1, -0.05) is 48.0 Å². The third kappa shape index (κ3) is 15.1. The summed E-state index contributed by atoms with van der Waals surface area (Å²) in [6.07, 6.45) is 0.722. The van der Waals surface area contributed by atoms with Gasteiger partial charge in [-0.25, -0.2) is 0 Å². The van der Waals surface area contributed by atoms with Crippen LogP contribution in [0.2, 0.25) is 0 Å². The Labute approximate surface area is 275 Å². The summed E-state index contributed by atoms with van der Waals surface area (Å²) in [5.41, 5.74) is 0. The van der Waals surface area contributed by atoms with Crippen LogP contribution >= 0.6 is 0 Å². The van der Waals surface area contributed by atoms with E-state index in [2.05, 4.69) is 31.9 Å². The number of carbonyl (C=O) groups is 7. The van der Waals surface area contributed by atoms with E-state index in [1.54, 1.807) is 27.7 Å². The first-order chi connectivity index (χ1) is 22.0. The van der Waals surface area contributed by atoms with Gasteiger partial charge in [-0.3, -0.25) is 33.6 Å². The molecule has 1 fully saturated rings. The molecule has 16 nitrogen and oxygen atoms in total. The maximum atomic E-state index is 13.6. The van der Waals surface area contributed by atoms with Crippen LogP contribution in [0, 0.1) is 17.8 Å². The van der Waals surface area contributed by atoms with Crippen molar-refractivity contribution < 1.29 is 48.9 Å². The quantitative estimate of drug-likeness (QED) is 0.0734. The van der Waals surface area contributed by atoms with Gasteiger partial charge in [0, 0.05) is 0 Å². The average molecular weight is 671 g/mol. The van der Waals surface area contributed by atoms with Crippen molar-refractivity contribution in [1.29, 1.82) is 0 Å². The third-order valence-corrected chi connectivity index (χ3v) is 7.86. The van der Waals surface area contributed by atoms with Crippen LogP contribution in [0.1, 0.15) is 86.5 Å².